The highest BCUT2D eigenvalue weighted by Crippen LogP contribution is 2.36. The molecule has 3 rings (SSSR count). The summed E-state index contributed by atoms with van der Waals surface area (Å²) in [5, 5.41) is 0.844. The van der Waals surface area contributed by atoms with E-state index in [4.69, 9.17) is 17.3 Å². The molecule has 0 aliphatic carbocycles. The summed E-state index contributed by atoms with van der Waals surface area (Å²) in [6.45, 7) is 2.33. The van der Waals surface area contributed by atoms with Crippen LogP contribution in [-0.4, -0.2) is 24.0 Å². The van der Waals surface area contributed by atoms with Crippen molar-refractivity contribution >= 4 is 11.6 Å². The van der Waals surface area contributed by atoms with Crippen LogP contribution in [0.4, 0.5) is 0 Å². The Hall–Kier alpha value is -0.570. The van der Waals surface area contributed by atoms with Gasteiger partial charge in [0.05, 0.1) is 6.04 Å². The molecule has 2 aliphatic rings. The van der Waals surface area contributed by atoms with Gasteiger partial charge in [0, 0.05) is 17.6 Å². The third-order valence-electron chi connectivity index (χ3n) is 3.87. The fourth-order valence-corrected chi connectivity index (χ4v) is 3.31. The van der Waals surface area contributed by atoms with Crippen molar-refractivity contribution in [2.24, 2.45) is 5.73 Å². The Morgan fingerprint density at radius 2 is 2.19 bits per heavy atom. The Balaban J connectivity index is 2.02. The molecule has 86 valence electrons. The van der Waals surface area contributed by atoms with Gasteiger partial charge in [-0.3, -0.25) is 4.90 Å². The standard InChI is InChI=1S/C13H17ClN2/c14-10-3-4-11-9(8-10)5-7-16-6-1-2-12(15)13(11)16/h3-4,8,12-13H,1-2,5-7,15H2. The van der Waals surface area contributed by atoms with Gasteiger partial charge in [-0.2, -0.15) is 0 Å². The lowest BCUT2D eigenvalue weighted by molar-refractivity contribution is 0.119. The van der Waals surface area contributed by atoms with Gasteiger partial charge in [-0.05, 0) is 49.1 Å². The second-order valence-electron chi connectivity index (χ2n) is 4.88. The summed E-state index contributed by atoms with van der Waals surface area (Å²) in [5.41, 5.74) is 9.07. The van der Waals surface area contributed by atoms with E-state index in [1.54, 1.807) is 0 Å². The molecule has 0 aromatic heterocycles. The van der Waals surface area contributed by atoms with E-state index in [0.29, 0.717) is 6.04 Å². The highest BCUT2D eigenvalue weighted by molar-refractivity contribution is 6.30. The molecule has 2 unspecified atom stereocenters. The molecule has 0 amide bonds. The predicted molar refractivity (Wildman–Crippen MR) is 66.7 cm³/mol. The molecule has 0 radical (unpaired) electrons. The van der Waals surface area contributed by atoms with Crippen molar-refractivity contribution in [3.05, 3.63) is 34.3 Å². The van der Waals surface area contributed by atoms with Crippen molar-refractivity contribution < 1.29 is 0 Å². The van der Waals surface area contributed by atoms with Crippen LogP contribution in [0.3, 0.4) is 0 Å². The van der Waals surface area contributed by atoms with Crippen LogP contribution >= 0.6 is 11.6 Å². The lowest BCUT2D eigenvalue weighted by Crippen LogP contribution is -2.48. The molecule has 1 aromatic rings. The molecule has 2 nitrogen and oxygen atoms in total. The zero-order chi connectivity index (χ0) is 11.1. The summed E-state index contributed by atoms with van der Waals surface area (Å²) in [6, 6.07) is 6.98. The summed E-state index contributed by atoms with van der Waals surface area (Å²) in [6.07, 6.45) is 3.49. The Labute approximate surface area is 101 Å². The SMILES string of the molecule is NC1CCCN2CCc3cc(Cl)ccc3C12. The van der Waals surface area contributed by atoms with Crippen molar-refractivity contribution in [3.63, 3.8) is 0 Å². The van der Waals surface area contributed by atoms with Crippen LogP contribution in [0.1, 0.15) is 30.0 Å². The fourth-order valence-electron chi connectivity index (χ4n) is 3.12. The summed E-state index contributed by atoms with van der Waals surface area (Å²) in [5.74, 6) is 0. The number of rotatable bonds is 0. The molecule has 3 heteroatoms. The number of piperidine rings is 1. The van der Waals surface area contributed by atoms with Crippen molar-refractivity contribution in [2.75, 3.05) is 13.1 Å². The summed E-state index contributed by atoms with van der Waals surface area (Å²) in [7, 11) is 0. The minimum Gasteiger partial charge on any atom is -0.326 e. The minimum atomic E-state index is 0.286. The number of hydrogen-bond acceptors (Lipinski definition) is 2. The fraction of sp³-hybridized carbons (Fsp3) is 0.538. The summed E-state index contributed by atoms with van der Waals surface area (Å²) < 4.78 is 0. The van der Waals surface area contributed by atoms with E-state index in [0.717, 1.165) is 24.4 Å². The van der Waals surface area contributed by atoms with Gasteiger partial charge in [-0.1, -0.05) is 17.7 Å². The van der Waals surface area contributed by atoms with Crippen LogP contribution < -0.4 is 5.73 Å². The van der Waals surface area contributed by atoms with E-state index in [1.165, 1.54) is 24.1 Å². The molecule has 2 aliphatic heterocycles. The molecule has 0 bridgehead atoms. The average molecular weight is 237 g/mol. The lowest BCUT2D eigenvalue weighted by atomic mass is 9.84. The van der Waals surface area contributed by atoms with E-state index >= 15 is 0 Å². The maximum atomic E-state index is 6.27. The van der Waals surface area contributed by atoms with Crippen LogP contribution in [-0.2, 0) is 6.42 Å². The van der Waals surface area contributed by atoms with Crippen LogP contribution in [0, 0.1) is 0 Å². The normalized spacial score (nSPS) is 29.6. The summed E-state index contributed by atoms with van der Waals surface area (Å²) >= 11 is 6.04. The molecule has 1 fully saturated rings. The molecule has 0 spiro atoms. The molecule has 0 saturated carbocycles. The number of nitrogens with two attached hydrogens (primary N) is 1. The topological polar surface area (TPSA) is 29.3 Å². The van der Waals surface area contributed by atoms with Crippen LogP contribution in [0.15, 0.2) is 18.2 Å². The highest BCUT2D eigenvalue weighted by atomic mass is 35.5. The highest BCUT2D eigenvalue weighted by Gasteiger charge is 2.34. The van der Waals surface area contributed by atoms with Gasteiger partial charge in [-0.15, -0.1) is 0 Å². The van der Waals surface area contributed by atoms with Crippen molar-refractivity contribution in [2.45, 2.75) is 31.3 Å². The first-order valence-electron chi connectivity index (χ1n) is 6.03. The second-order valence-corrected chi connectivity index (χ2v) is 5.32. The monoisotopic (exact) mass is 236 g/mol. The Kier molecular flexibility index (Phi) is 2.66. The van der Waals surface area contributed by atoms with Gasteiger partial charge < -0.3 is 5.73 Å². The van der Waals surface area contributed by atoms with Gasteiger partial charge in [0.15, 0.2) is 0 Å². The largest absolute Gasteiger partial charge is 0.326 e. The number of fused-ring (bicyclic) bond motifs is 3. The van der Waals surface area contributed by atoms with Crippen molar-refractivity contribution in [3.8, 4) is 0 Å². The molecular weight excluding hydrogens is 220 g/mol. The minimum absolute atomic E-state index is 0.286. The first-order valence-corrected chi connectivity index (χ1v) is 6.41. The third kappa shape index (κ3) is 1.65. The zero-order valence-corrected chi connectivity index (χ0v) is 10.1. The maximum Gasteiger partial charge on any atom is 0.0502 e. The molecule has 1 aromatic carbocycles. The first kappa shape index (κ1) is 10.6. The molecular formula is C13H17ClN2. The van der Waals surface area contributed by atoms with Gasteiger partial charge in [0.2, 0.25) is 0 Å². The Morgan fingerprint density at radius 3 is 3.06 bits per heavy atom. The quantitative estimate of drug-likeness (QED) is 0.750. The Bertz CT molecular complexity index is 405. The van der Waals surface area contributed by atoms with Crippen LogP contribution in [0.25, 0.3) is 0 Å². The van der Waals surface area contributed by atoms with Crippen molar-refractivity contribution in [1.82, 2.24) is 4.90 Å². The van der Waals surface area contributed by atoms with E-state index in [-0.39, 0.29) is 6.04 Å². The molecule has 16 heavy (non-hydrogen) atoms. The van der Waals surface area contributed by atoms with E-state index < -0.39 is 0 Å². The van der Waals surface area contributed by atoms with E-state index in [1.807, 2.05) is 6.07 Å². The van der Waals surface area contributed by atoms with Gasteiger partial charge in [0.25, 0.3) is 0 Å². The zero-order valence-electron chi connectivity index (χ0n) is 9.32. The van der Waals surface area contributed by atoms with E-state index in [9.17, 15) is 0 Å². The molecule has 2 atom stereocenters. The first-order chi connectivity index (χ1) is 7.75. The number of nitrogens with zero attached hydrogens (tertiary/aromatic N) is 1. The summed E-state index contributed by atoms with van der Waals surface area (Å²) in [4.78, 5) is 2.53. The maximum absolute atomic E-state index is 6.27. The second kappa shape index (κ2) is 4.02. The molecule has 2 N–H and O–H groups in total. The van der Waals surface area contributed by atoms with E-state index in [2.05, 4.69) is 17.0 Å². The lowest BCUT2D eigenvalue weighted by Gasteiger charge is -2.44. The van der Waals surface area contributed by atoms with Crippen LogP contribution in [0.2, 0.25) is 5.02 Å². The predicted octanol–water partition coefficient (Wildman–Crippen LogP) is 2.36. The third-order valence-corrected chi connectivity index (χ3v) is 4.11. The smallest absolute Gasteiger partial charge is 0.0502 e. The average Bonchev–Trinajstić information content (AvgIpc) is 2.29. The number of halogens is 1. The van der Waals surface area contributed by atoms with Gasteiger partial charge in [-0.25, -0.2) is 0 Å². The Morgan fingerprint density at radius 1 is 1.31 bits per heavy atom. The van der Waals surface area contributed by atoms with Gasteiger partial charge in [0.1, 0.15) is 0 Å². The van der Waals surface area contributed by atoms with Gasteiger partial charge >= 0.3 is 0 Å². The molecule has 2 heterocycles. The number of hydrogen-bond donors (Lipinski definition) is 1. The molecule has 1 saturated heterocycles. The van der Waals surface area contributed by atoms with Crippen LogP contribution in [0.5, 0.6) is 0 Å². The van der Waals surface area contributed by atoms with Crippen molar-refractivity contribution in [1.29, 1.82) is 0 Å². The number of benzene rings is 1.